The number of nitrogens with zero attached hydrogens (tertiary/aromatic N) is 1. The average Bonchev–Trinajstić information content (AvgIpc) is 2.54. The molecule has 1 unspecified atom stereocenters. The van der Waals surface area contributed by atoms with Gasteiger partial charge in [0.2, 0.25) is 5.91 Å². The molecule has 0 bridgehead atoms. The van der Waals surface area contributed by atoms with Crippen molar-refractivity contribution in [3.63, 3.8) is 0 Å². The number of carbonyl (C=O) groups is 2. The molecule has 6 nitrogen and oxygen atoms in total. The van der Waals surface area contributed by atoms with Crippen molar-refractivity contribution < 1.29 is 14.0 Å². The number of aromatic amines is 1. The normalized spacial score (nSPS) is 17.3. The van der Waals surface area contributed by atoms with Crippen molar-refractivity contribution >= 4 is 11.8 Å². The highest BCUT2D eigenvalue weighted by molar-refractivity contribution is 5.99. The maximum atomic E-state index is 13.2. The second-order valence-corrected chi connectivity index (χ2v) is 6.06. The molecule has 2 N–H and O–H groups in total. The Hall–Kier alpha value is -2.96. The third-order valence-electron chi connectivity index (χ3n) is 4.23. The Morgan fingerprint density at radius 3 is 2.52 bits per heavy atom. The van der Waals surface area contributed by atoms with E-state index in [-0.39, 0.29) is 23.4 Å². The van der Waals surface area contributed by atoms with Crippen LogP contribution >= 0.6 is 0 Å². The lowest BCUT2D eigenvalue weighted by Crippen LogP contribution is -2.53. The van der Waals surface area contributed by atoms with Gasteiger partial charge in [-0.25, -0.2) is 4.39 Å². The first-order valence-corrected chi connectivity index (χ1v) is 7.93. The SMILES string of the molecule is Cc1cc(=O)c(C(=O)N2CCNC(=O)C2c2ccc(F)cc2)c(C)[nH]1. The van der Waals surface area contributed by atoms with Crippen LogP contribution in [-0.4, -0.2) is 34.8 Å². The van der Waals surface area contributed by atoms with Crippen LogP contribution in [0.3, 0.4) is 0 Å². The smallest absolute Gasteiger partial charge is 0.260 e. The van der Waals surface area contributed by atoms with Gasteiger partial charge in [-0.3, -0.25) is 14.4 Å². The van der Waals surface area contributed by atoms with Crippen molar-refractivity contribution in [1.29, 1.82) is 0 Å². The van der Waals surface area contributed by atoms with E-state index in [0.717, 1.165) is 0 Å². The number of nitrogens with one attached hydrogen (secondary N) is 2. The number of hydrogen-bond acceptors (Lipinski definition) is 3. The van der Waals surface area contributed by atoms with Crippen LogP contribution in [0.1, 0.15) is 33.4 Å². The van der Waals surface area contributed by atoms with Crippen LogP contribution < -0.4 is 10.7 Å². The molecule has 1 fully saturated rings. The lowest BCUT2D eigenvalue weighted by Gasteiger charge is -2.35. The summed E-state index contributed by atoms with van der Waals surface area (Å²) in [5, 5.41) is 2.71. The number of hydrogen-bond donors (Lipinski definition) is 2. The molecule has 1 aliphatic rings. The van der Waals surface area contributed by atoms with Gasteiger partial charge in [-0.2, -0.15) is 0 Å². The van der Waals surface area contributed by atoms with E-state index in [1.165, 1.54) is 35.2 Å². The Bertz CT molecular complexity index is 889. The monoisotopic (exact) mass is 343 g/mol. The van der Waals surface area contributed by atoms with Crippen molar-refractivity contribution in [1.82, 2.24) is 15.2 Å². The van der Waals surface area contributed by atoms with E-state index in [0.29, 0.717) is 23.5 Å². The summed E-state index contributed by atoms with van der Waals surface area (Å²) >= 11 is 0. The number of carbonyl (C=O) groups excluding carboxylic acids is 2. The standard InChI is InChI=1S/C18H18FN3O3/c1-10-9-14(23)15(11(2)21-10)18(25)22-8-7-20-17(24)16(22)12-3-5-13(19)6-4-12/h3-6,9,16H,7-8H2,1-2H3,(H,20,24)(H,21,23). The van der Waals surface area contributed by atoms with Crippen molar-refractivity contribution in [2.75, 3.05) is 13.1 Å². The fourth-order valence-corrected chi connectivity index (χ4v) is 3.12. The minimum Gasteiger partial charge on any atom is -0.362 e. The number of pyridine rings is 1. The largest absolute Gasteiger partial charge is 0.362 e. The molecule has 3 rings (SSSR count). The van der Waals surface area contributed by atoms with Crippen LogP contribution in [0.5, 0.6) is 0 Å². The minimum atomic E-state index is -0.901. The van der Waals surface area contributed by atoms with Crippen LogP contribution in [-0.2, 0) is 4.79 Å². The molecule has 2 aromatic rings. The van der Waals surface area contributed by atoms with Gasteiger partial charge < -0.3 is 15.2 Å². The summed E-state index contributed by atoms with van der Waals surface area (Å²) in [5.41, 5.74) is 1.24. The first-order chi connectivity index (χ1) is 11.9. The maximum absolute atomic E-state index is 13.2. The molecule has 1 aromatic heterocycles. The molecular formula is C18H18FN3O3. The van der Waals surface area contributed by atoms with Crippen molar-refractivity contribution in [3.8, 4) is 0 Å². The molecule has 0 radical (unpaired) electrons. The van der Waals surface area contributed by atoms with E-state index >= 15 is 0 Å². The van der Waals surface area contributed by atoms with Gasteiger partial charge >= 0.3 is 0 Å². The van der Waals surface area contributed by atoms with Gasteiger partial charge in [0, 0.05) is 30.5 Å². The van der Waals surface area contributed by atoms with Crippen LogP contribution in [0.2, 0.25) is 0 Å². The van der Waals surface area contributed by atoms with Crippen molar-refractivity contribution in [2.24, 2.45) is 0 Å². The molecule has 130 valence electrons. The maximum Gasteiger partial charge on any atom is 0.260 e. The van der Waals surface area contributed by atoms with E-state index < -0.39 is 17.8 Å². The van der Waals surface area contributed by atoms with Gasteiger partial charge in [-0.1, -0.05) is 12.1 Å². The Kier molecular flexibility index (Phi) is 4.39. The molecule has 7 heteroatoms. The number of piperazine rings is 1. The fourth-order valence-electron chi connectivity index (χ4n) is 3.12. The molecule has 2 amide bonds. The van der Waals surface area contributed by atoms with E-state index in [1.807, 2.05) is 0 Å². The molecule has 1 atom stereocenters. The van der Waals surface area contributed by atoms with Gasteiger partial charge in [0.15, 0.2) is 5.43 Å². The minimum absolute atomic E-state index is 0.0208. The van der Waals surface area contributed by atoms with Gasteiger partial charge in [0.1, 0.15) is 17.4 Å². The summed E-state index contributed by atoms with van der Waals surface area (Å²) in [6, 6.07) is 5.88. The van der Waals surface area contributed by atoms with Crippen molar-refractivity contribution in [2.45, 2.75) is 19.9 Å². The predicted octanol–water partition coefficient (Wildman–Crippen LogP) is 1.44. The van der Waals surface area contributed by atoms with Gasteiger partial charge in [-0.05, 0) is 31.5 Å². The molecule has 1 aliphatic heterocycles. The Labute approximate surface area is 143 Å². The molecule has 0 aliphatic carbocycles. The predicted molar refractivity (Wildman–Crippen MR) is 89.7 cm³/mol. The summed E-state index contributed by atoms with van der Waals surface area (Å²) in [6.45, 7) is 3.95. The number of rotatable bonds is 2. The number of H-pyrrole nitrogens is 1. The summed E-state index contributed by atoms with van der Waals surface area (Å²) in [4.78, 5) is 42.0. The highest BCUT2D eigenvalue weighted by atomic mass is 19.1. The average molecular weight is 343 g/mol. The van der Waals surface area contributed by atoms with Crippen LogP contribution in [0.4, 0.5) is 4.39 Å². The molecule has 0 saturated carbocycles. The fraction of sp³-hybridized carbons (Fsp3) is 0.278. The number of halogens is 1. The second-order valence-electron chi connectivity index (χ2n) is 6.06. The van der Waals surface area contributed by atoms with Gasteiger partial charge in [0.25, 0.3) is 5.91 Å². The Balaban J connectivity index is 2.04. The second kappa shape index (κ2) is 6.51. The van der Waals surface area contributed by atoms with Gasteiger partial charge in [-0.15, -0.1) is 0 Å². The Morgan fingerprint density at radius 2 is 1.88 bits per heavy atom. The van der Waals surface area contributed by atoms with E-state index in [9.17, 15) is 18.8 Å². The summed E-state index contributed by atoms with van der Waals surface area (Å²) in [7, 11) is 0. The molecular weight excluding hydrogens is 325 g/mol. The molecule has 2 heterocycles. The van der Waals surface area contributed by atoms with Crippen LogP contribution in [0.25, 0.3) is 0 Å². The summed E-state index contributed by atoms with van der Waals surface area (Å²) in [6.07, 6.45) is 0. The van der Waals surface area contributed by atoms with E-state index in [2.05, 4.69) is 10.3 Å². The Morgan fingerprint density at radius 1 is 1.20 bits per heavy atom. The zero-order valence-electron chi connectivity index (χ0n) is 13.9. The zero-order valence-corrected chi connectivity index (χ0v) is 13.9. The van der Waals surface area contributed by atoms with Gasteiger partial charge in [0.05, 0.1) is 0 Å². The van der Waals surface area contributed by atoms with Crippen LogP contribution in [0, 0.1) is 19.7 Å². The first-order valence-electron chi connectivity index (χ1n) is 7.93. The highest BCUT2D eigenvalue weighted by Crippen LogP contribution is 2.25. The molecule has 1 aromatic carbocycles. The first kappa shape index (κ1) is 16.9. The number of amides is 2. The lowest BCUT2D eigenvalue weighted by molar-refractivity contribution is -0.128. The molecule has 25 heavy (non-hydrogen) atoms. The van der Waals surface area contributed by atoms with E-state index in [4.69, 9.17) is 0 Å². The topological polar surface area (TPSA) is 82.3 Å². The zero-order chi connectivity index (χ0) is 18.1. The quantitative estimate of drug-likeness (QED) is 0.866. The molecule has 0 spiro atoms. The van der Waals surface area contributed by atoms with Crippen LogP contribution in [0.15, 0.2) is 35.1 Å². The van der Waals surface area contributed by atoms with E-state index in [1.54, 1.807) is 13.8 Å². The molecule has 1 saturated heterocycles. The lowest BCUT2D eigenvalue weighted by atomic mass is 10.0. The number of aromatic nitrogens is 1. The number of benzene rings is 1. The third kappa shape index (κ3) is 3.17. The highest BCUT2D eigenvalue weighted by Gasteiger charge is 2.36. The summed E-state index contributed by atoms with van der Waals surface area (Å²) < 4.78 is 13.2. The number of aryl methyl sites for hydroxylation is 2. The third-order valence-corrected chi connectivity index (χ3v) is 4.23. The van der Waals surface area contributed by atoms with Crippen molar-refractivity contribution in [3.05, 3.63) is 68.9 Å². The summed E-state index contributed by atoms with van der Waals surface area (Å²) in [5.74, 6) is -1.29.